The van der Waals surface area contributed by atoms with Crippen LogP contribution in [0.4, 0.5) is 0 Å². The molecule has 1 saturated heterocycles. The predicted molar refractivity (Wildman–Crippen MR) is 146 cm³/mol. The van der Waals surface area contributed by atoms with Crippen LogP contribution >= 0.6 is 24.0 Å². The molecule has 6 nitrogen and oxygen atoms in total. The number of rotatable bonds is 11. The van der Waals surface area contributed by atoms with Gasteiger partial charge in [0.25, 0.3) is 0 Å². The van der Waals surface area contributed by atoms with Gasteiger partial charge in [-0.1, -0.05) is 54.6 Å². The highest BCUT2D eigenvalue weighted by Gasteiger charge is 2.29. The number of nitrogens with one attached hydrogen (secondary N) is 2. The Hall–Kier alpha value is -1.68. The summed E-state index contributed by atoms with van der Waals surface area (Å²) in [6.07, 6.45) is 1.11. The van der Waals surface area contributed by atoms with Crippen molar-refractivity contribution in [1.82, 2.24) is 15.5 Å². The number of hydrogen-bond acceptors (Lipinski definition) is 4. The Bertz CT molecular complexity index is 834. The number of nitrogens with zero attached hydrogens (tertiary/aromatic N) is 2. The first-order valence-electron chi connectivity index (χ1n) is 11.7. The normalized spacial score (nSPS) is 18.7. The zero-order chi connectivity index (χ0) is 22.6. The van der Waals surface area contributed by atoms with Gasteiger partial charge in [0.05, 0.1) is 19.8 Å². The van der Waals surface area contributed by atoms with E-state index in [2.05, 4.69) is 82.0 Å². The van der Waals surface area contributed by atoms with Crippen molar-refractivity contribution in [2.75, 3.05) is 33.4 Å². The van der Waals surface area contributed by atoms with E-state index in [1.165, 1.54) is 16.7 Å². The van der Waals surface area contributed by atoms with Crippen LogP contribution < -0.4 is 10.6 Å². The van der Waals surface area contributed by atoms with Gasteiger partial charge in [0.15, 0.2) is 5.96 Å². The molecule has 0 saturated carbocycles. The molecule has 2 aromatic rings. The van der Waals surface area contributed by atoms with Gasteiger partial charge in [-0.05, 0) is 37.0 Å². The largest absolute Gasteiger partial charge is 0.379 e. The number of ether oxygens (including phenoxy) is 2. The molecule has 2 aromatic carbocycles. The molecule has 0 aliphatic carbocycles. The van der Waals surface area contributed by atoms with Gasteiger partial charge in [-0.25, -0.2) is 0 Å². The predicted octanol–water partition coefficient (Wildman–Crippen LogP) is 4.19. The van der Waals surface area contributed by atoms with Gasteiger partial charge in [-0.3, -0.25) is 9.89 Å². The summed E-state index contributed by atoms with van der Waals surface area (Å²) < 4.78 is 11.0. The first-order valence-corrected chi connectivity index (χ1v) is 11.7. The van der Waals surface area contributed by atoms with Gasteiger partial charge < -0.3 is 20.1 Å². The molecular weight excluding hydrogens is 527 g/mol. The van der Waals surface area contributed by atoms with Crippen molar-refractivity contribution in [3.8, 4) is 0 Å². The van der Waals surface area contributed by atoms with Crippen molar-refractivity contribution >= 4 is 29.9 Å². The Morgan fingerprint density at radius 1 is 1.03 bits per heavy atom. The Kier molecular flexibility index (Phi) is 12.8. The number of guanidine groups is 1. The molecule has 7 heteroatoms. The van der Waals surface area contributed by atoms with Crippen LogP contribution in [0.25, 0.3) is 0 Å². The van der Waals surface area contributed by atoms with E-state index in [0.29, 0.717) is 31.9 Å². The third-order valence-corrected chi connectivity index (χ3v) is 5.79. The van der Waals surface area contributed by atoms with Crippen LogP contribution in [-0.2, 0) is 29.2 Å². The van der Waals surface area contributed by atoms with Gasteiger partial charge in [0.2, 0.25) is 0 Å². The summed E-state index contributed by atoms with van der Waals surface area (Å²) in [5.74, 6) is 0.849. The lowest BCUT2D eigenvalue weighted by atomic mass is 10.1. The third kappa shape index (κ3) is 9.60. The molecule has 0 spiro atoms. The molecule has 0 amide bonds. The quantitative estimate of drug-likeness (QED) is 0.185. The van der Waals surface area contributed by atoms with E-state index in [0.717, 1.165) is 38.6 Å². The molecule has 2 unspecified atom stereocenters. The number of aliphatic imine (C=N–C) groups is 1. The Labute approximate surface area is 216 Å². The lowest BCUT2D eigenvalue weighted by Crippen LogP contribution is -2.44. The second-order valence-corrected chi connectivity index (χ2v) is 8.34. The first kappa shape index (κ1) is 27.6. The van der Waals surface area contributed by atoms with E-state index in [-0.39, 0.29) is 24.0 Å². The van der Waals surface area contributed by atoms with Crippen molar-refractivity contribution < 1.29 is 9.47 Å². The van der Waals surface area contributed by atoms with Crippen LogP contribution in [0.15, 0.2) is 59.6 Å². The Morgan fingerprint density at radius 2 is 1.76 bits per heavy atom. The second-order valence-electron chi connectivity index (χ2n) is 8.34. The summed E-state index contributed by atoms with van der Waals surface area (Å²) in [5.41, 5.74) is 3.75. The van der Waals surface area contributed by atoms with Crippen molar-refractivity contribution in [3.05, 3.63) is 71.3 Å². The van der Waals surface area contributed by atoms with Crippen molar-refractivity contribution in [3.63, 3.8) is 0 Å². The third-order valence-electron chi connectivity index (χ3n) is 5.79. The van der Waals surface area contributed by atoms with Gasteiger partial charge >= 0.3 is 0 Å². The molecule has 1 aliphatic rings. The summed E-state index contributed by atoms with van der Waals surface area (Å²) in [5, 5.41) is 7.07. The molecule has 3 rings (SSSR count). The summed E-state index contributed by atoms with van der Waals surface area (Å²) in [6.45, 7) is 9.63. The standard InChI is InChI=1S/C26H38N4O2.HI/c1-4-31-13-14-32-20-24-12-8-11-23(16-24)17-28-26(27-3)29-25-15-21(2)30(19-25)18-22-9-6-5-7-10-22;/h5-12,16,21,25H,4,13-15,17-20H2,1-3H3,(H2,27,28,29);1H. The van der Waals surface area contributed by atoms with Gasteiger partial charge in [-0.15, -0.1) is 24.0 Å². The molecular formula is C26H39IN4O2. The van der Waals surface area contributed by atoms with E-state index in [1.54, 1.807) is 0 Å². The Morgan fingerprint density at radius 3 is 2.52 bits per heavy atom. The number of benzene rings is 2. The van der Waals surface area contributed by atoms with Crippen LogP contribution in [0.2, 0.25) is 0 Å². The number of likely N-dealkylation sites (tertiary alicyclic amines) is 1. The van der Waals surface area contributed by atoms with Gasteiger partial charge in [-0.2, -0.15) is 0 Å². The minimum atomic E-state index is 0. The average molecular weight is 567 g/mol. The van der Waals surface area contributed by atoms with Crippen molar-refractivity contribution in [1.29, 1.82) is 0 Å². The maximum absolute atomic E-state index is 5.69. The molecule has 33 heavy (non-hydrogen) atoms. The zero-order valence-corrected chi connectivity index (χ0v) is 22.5. The van der Waals surface area contributed by atoms with E-state index < -0.39 is 0 Å². The number of halogens is 1. The minimum Gasteiger partial charge on any atom is -0.379 e. The Balaban J connectivity index is 0.00000385. The highest BCUT2D eigenvalue weighted by molar-refractivity contribution is 14.0. The number of hydrogen-bond donors (Lipinski definition) is 2. The second kappa shape index (κ2) is 15.3. The first-order chi connectivity index (χ1) is 15.7. The highest BCUT2D eigenvalue weighted by Crippen LogP contribution is 2.20. The summed E-state index contributed by atoms with van der Waals surface area (Å²) in [6, 6.07) is 20.1. The van der Waals surface area contributed by atoms with Crippen LogP contribution in [0, 0.1) is 0 Å². The SMILES string of the molecule is CCOCCOCc1cccc(CNC(=NC)NC2CC(C)N(Cc3ccccc3)C2)c1.I. The molecule has 1 aliphatic heterocycles. The topological polar surface area (TPSA) is 58.1 Å². The fourth-order valence-corrected chi connectivity index (χ4v) is 4.10. The molecule has 182 valence electrons. The average Bonchev–Trinajstić information content (AvgIpc) is 3.16. The van der Waals surface area contributed by atoms with E-state index in [9.17, 15) is 0 Å². The van der Waals surface area contributed by atoms with Crippen LogP contribution in [-0.4, -0.2) is 56.4 Å². The van der Waals surface area contributed by atoms with Crippen molar-refractivity contribution in [2.24, 2.45) is 4.99 Å². The monoisotopic (exact) mass is 566 g/mol. The summed E-state index contributed by atoms with van der Waals surface area (Å²) in [7, 11) is 1.83. The molecule has 2 N–H and O–H groups in total. The maximum atomic E-state index is 5.69. The summed E-state index contributed by atoms with van der Waals surface area (Å²) in [4.78, 5) is 6.98. The van der Waals surface area contributed by atoms with Crippen LogP contribution in [0.1, 0.15) is 37.0 Å². The zero-order valence-electron chi connectivity index (χ0n) is 20.1. The van der Waals surface area contributed by atoms with E-state index in [1.807, 2.05) is 14.0 Å². The van der Waals surface area contributed by atoms with E-state index in [4.69, 9.17) is 9.47 Å². The fourth-order valence-electron chi connectivity index (χ4n) is 4.10. The molecule has 1 heterocycles. The molecule has 2 atom stereocenters. The molecule has 0 radical (unpaired) electrons. The maximum Gasteiger partial charge on any atom is 0.191 e. The molecule has 0 bridgehead atoms. The van der Waals surface area contributed by atoms with Crippen molar-refractivity contribution in [2.45, 2.75) is 52.0 Å². The van der Waals surface area contributed by atoms with Crippen LogP contribution in [0.3, 0.4) is 0 Å². The molecule has 1 fully saturated rings. The minimum absolute atomic E-state index is 0. The highest BCUT2D eigenvalue weighted by atomic mass is 127. The molecule has 0 aromatic heterocycles. The van der Waals surface area contributed by atoms with Gasteiger partial charge in [0, 0.05) is 45.4 Å². The smallest absolute Gasteiger partial charge is 0.191 e. The van der Waals surface area contributed by atoms with Gasteiger partial charge in [0.1, 0.15) is 0 Å². The van der Waals surface area contributed by atoms with Crippen LogP contribution in [0.5, 0.6) is 0 Å². The fraction of sp³-hybridized carbons (Fsp3) is 0.500. The lowest BCUT2D eigenvalue weighted by Gasteiger charge is -2.21. The lowest BCUT2D eigenvalue weighted by molar-refractivity contribution is 0.0453. The summed E-state index contributed by atoms with van der Waals surface area (Å²) >= 11 is 0. The van der Waals surface area contributed by atoms with E-state index >= 15 is 0 Å².